The second kappa shape index (κ2) is 18.7. The average Bonchev–Trinajstić information content (AvgIpc) is 4.17. The van der Waals surface area contributed by atoms with Gasteiger partial charge in [-0.1, -0.05) is 23.2 Å². The van der Waals surface area contributed by atoms with Crippen LogP contribution >= 0.6 is 23.2 Å². The van der Waals surface area contributed by atoms with E-state index in [-0.39, 0.29) is 12.2 Å². The number of nitrogens with one attached hydrogen (secondary N) is 2. The average molecular weight is 972 g/mol. The summed E-state index contributed by atoms with van der Waals surface area (Å²) in [4.78, 5) is 14.2. The van der Waals surface area contributed by atoms with Crippen LogP contribution in [0.2, 0.25) is 10.0 Å². The molecule has 0 amide bonds. The van der Waals surface area contributed by atoms with E-state index in [1.807, 2.05) is 21.5 Å². The minimum absolute atomic E-state index is 0.284. The molecule has 6 aliphatic rings. The number of fused-ring (bicyclic) bond motifs is 6. The first kappa shape index (κ1) is 44.2. The van der Waals surface area contributed by atoms with E-state index in [1.165, 1.54) is 24.3 Å². The van der Waals surface area contributed by atoms with E-state index < -0.39 is 11.6 Å². The van der Waals surface area contributed by atoms with E-state index in [0.29, 0.717) is 94.0 Å². The lowest BCUT2D eigenvalue weighted by Crippen LogP contribution is -2.48. The first-order valence-electron chi connectivity index (χ1n) is 23.0. The zero-order valence-corrected chi connectivity index (χ0v) is 38.9. The summed E-state index contributed by atoms with van der Waals surface area (Å²) in [5.74, 6) is 5.70. The Labute approximate surface area is 400 Å². The minimum Gasteiger partial charge on any atom is -0.482 e. The van der Waals surface area contributed by atoms with Crippen molar-refractivity contribution in [3.63, 3.8) is 0 Å². The van der Waals surface area contributed by atoms with Gasteiger partial charge < -0.3 is 39.4 Å². The summed E-state index contributed by atoms with van der Waals surface area (Å²) < 4.78 is 53.6. The Kier molecular flexibility index (Phi) is 12.1. The molecule has 2 saturated carbocycles. The standard InChI is InChI=1S/2C23H25ClFN7O2/c2*1-33-20-9-17(10-26-29-20)31-11-13-2-3-14(12-31)21(13)27-23-28-22-19(4-5-32(22)30-23)34-18-7-15(24)6-16(25)8-18/h2*6-10,13-14,19,21H,2-5,11-12H2,1H3,(H,27,30)/t2*13-,14+,19-,21?/m10/s1. The molecule has 8 heterocycles. The predicted octanol–water partition coefficient (Wildman–Crippen LogP) is 7.44. The number of benzene rings is 2. The van der Waals surface area contributed by atoms with Gasteiger partial charge in [0.15, 0.2) is 23.9 Å². The third-order valence-electron chi connectivity index (χ3n) is 14.1. The smallest absolute Gasteiger partial charge is 0.242 e. The number of ether oxygens (including phenoxy) is 4. The summed E-state index contributed by atoms with van der Waals surface area (Å²) in [6.07, 6.45) is 9.13. The quantitative estimate of drug-likeness (QED) is 0.123. The molecule has 8 atom stereocenters. The van der Waals surface area contributed by atoms with Gasteiger partial charge in [0, 0.05) is 98.5 Å². The summed E-state index contributed by atoms with van der Waals surface area (Å²) in [6, 6.07) is 12.9. The van der Waals surface area contributed by atoms with E-state index in [0.717, 1.165) is 87.7 Å². The van der Waals surface area contributed by atoms with E-state index in [9.17, 15) is 8.78 Å². The lowest BCUT2D eigenvalue weighted by molar-refractivity contribution is 0.202. The molecule has 356 valence electrons. The van der Waals surface area contributed by atoms with Crippen molar-refractivity contribution >= 4 is 46.5 Å². The van der Waals surface area contributed by atoms with Crippen LogP contribution in [0.4, 0.5) is 32.1 Å². The monoisotopic (exact) mass is 970 g/mol. The first-order valence-corrected chi connectivity index (χ1v) is 23.8. The van der Waals surface area contributed by atoms with E-state index in [2.05, 4.69) is 51.0 Å². The molecule has 68 heavy (non-hydrogen) atoms. The minimum atomic E-state index is -0.424. The summed E-state index contributed by atoms with van der Waals surface area (Å²) in [6.45, 7) is 5.15. The van der Waals surface area contributed by atoms with Crippen molar-refractivity contribution in [1.82, 2.24) is 49.9 Å². The van der Waals surface area contributed by atoms with Crippen LogP contribution in [0.5, 0.6) is 23.3 Å². The van der Waals surface area contributed by atoms with Crippen LogP contribution in [-0.4, -0.2) is 102 Å². The second-order valence-electron chi connectivity index (χ2n) is 18.3. The number of anilines is 4. The van der Waals surface area contributed by atoms with Gasteiger partial charge in [-0.05, 0) is 73.6 Å². The third kappa shape index (κ3) is 9.19. The molecule has 0 radical (unpaired) electrons. The van der Waals surface area contributed by atoms with E-state index in [1.54, 1.807) is 38.7 Å². The summed E-state index contributed by atoms with van der Waals surface area (Å²) in [5.41, 5.74) is 2.08. The number of piperidine rings is 2. The van der Waals surface area contributed by atoms with Crippen molar-refractivity contribution < 1.29 is 27.7 Å². The van der Waals surface area contributed by atoms with Gasteiger partial charge in [0.05, 0.1) is 38.0 Å². The lowest BCUT2D eigenvalue weighted by atomic mass is 9.92. The molecule has 2 unspecified atom stereocenters. The summed E-state index contributed by atoms with van der Waals surface area (Å²) >= 11 is 11.9. The maximum atomic E-state index is 13.7. The van der Waals surface area contributed by atoms with Crippen LogP contribution in [-0.2, 0) is 13.1 Å². The van der Waals surface area contributed by atoms with Crippen LogP contribution in [0.1, 0.15) is 62.4 Å². The van der Waals surface area contributed by atoms with Gasteiger partial charge in [-0.3, -0.25) is 0 Å². The van der Waals surface area contributed by atoms with Crippen molar-refractivity contribution in [3.8, 4) is 23.3 Å². The zero-order valence-electron chi connectivity index (χ0n) is 37.4. The summed E-state index contributed by atoms with van der Waals surface area (Å²) in [7, 11) is 3.21. The Bertz CT molecular complexity index is 2530. The third-order valence-corrected chi connectivity index (χ3v) is 14.5. The molecule has 6 aromatic rings. The van der Waals surface area contributed by atoms with Crippen LogP contribution < -0.4 is 39.4 Å². The number of hydrogen-bond acceptors (Lipinski definition) is 16. The second-order valence-corrected chi connectivity index (χ2v) is 19.2. The van der Waals surface area contributed by atoms with E-state index >= 15 is 0 Å². The van der Waals surface area contributed by atoms with E-state index in [4.69, 9.17) is 52.1 Å². The van der Waals surface area contributed by atoms with Crippen molar-refractivity contribution in [1.29, 1.82) is 0 Å². The number of hydrogen-bond donors (Lipinski definition) is 2. The molecule has 4 aromatic heterocycles. The van der Waals surface area contributed by atoms with Crippen LogP contribution in [0.3, 0.4) is 0 Å². The number of aryl methyl sites for hydroxylation is 2. The Morgan fingerprint density at radius 3 is 1.35 bits per heavy atom. The topological polar surface area (TPSA) is 180 Å². The SMILES string of the molecule is COc1cc(N2C[C@H]3CC[C@@H](C2)C3Nc2nc3n(n2)CC[C@@H]3Oc2cc(F)cc(Cl)c2)cnn1.COc1cc(N2C[C@H]3CC[C@@H](C2)C3Nc2nc3n(n2)CC[C@H]3Oc2cc(F)cc(Cl)c2)cnn1. The fourth-order valence-corrected chi connectivity index (χ4v) is 11.4. The molecule has 2 aliphatic carbocycles. The molecule has 2 saturated heterocycles. The molecule has 22 heteroatoms. The van der Waals surface area contributed by atoms with Crippen LogP contribution in [0, 0.1) is 35.3 Å². The number of aromatic nitrogens is 10. The Morgan fingerprint density at radius 2 is 0.971 bits per heavy atom. The Balaban J connectivity index is 0.000000149. The van der Waals surface area contributed by atoms with Gasteiger partial charge >= 0.3 is 0 Å². The van der Waals surface area contributed by atoms with Crippen molar-refractivity contribution in [3.05, 3.63) is 94.3 Å². The summed E-state index contributed by atoms with van der Waals surface area (Å²) in [5, 5.41) is 33.3. The van der Waals surface area contributed by atoms with Gasteiger partial charge in [0.25, 0.3) is 0 Å². The van der Waals surface area contributed by atoms with Crippen LogP contribution in [0.15, 0.2) is 60.9 Å². The molecule has 2 N–H and O–H groups in total. The molecular formula is C46H50Cl2F2N14O4. The molecular weight excluding hydrogens is 922 g/mol. The maximum absolute atomic E-state index is 13.7. The van der Waals surface area contributed by atoms with Crippen molar-refractivity contribution in [2.24, 2.45) is 23.7 Å². The van der Waals surface area contributed by atoms with Crippen molar-refractivity contribution in [2.45, 2.75) is 75.9 Å². The molecule has 4 bridgehead atoms. The number of nitrogens with zero attached hydrogens (tertiary/aromatic N) is 12. The number of methoxy groups -OCH3 is 2. The highest BCUT2D eigenvalue weighted by Crippen LogP contribution is 2.43. The van der Waals surface area contributed by atoms with Crippen LogP contribution in [0.25, 0.3) is 0 Å². The van der Waals surface area contributed by atoms with Gasteiger partial charge in [0.1, 0.15) is 23.1 Å². The molecule has 0 spiro atoms. The molecule has 18 nitrogen and oxygen atoms in total. The largest absolute Gasteiger partial charge is 0.482 e. The highest BCUT2D eigenvalue weighted by molar-refractivity contribution is 6.31. The van der Waals surface area contributed by atoms with Gasteiger partial charge in [-0.25, -0.2) is 18.1 Å². The fraction of sp³-hybridized carbons (Fsp3) is 0.478. The zero-order chi connectivity index (χ0) is 46.5. The molecule has 4 aliphatic heterocycles. The van der Waals surface area contributed by atoms with Gasteiger partial charge in [0.2, 0.25) is 23.7 Å². The Hall–Kier alpha value is -6.28. The maximum Gasteiger partial charge on any atom is 0.242 e. The van der Waals surface area contributed by atoms with Crippen molar-refractivity contribution in [2.75, 3.05) is 60.8 Å². The molecule has 2 aromatic carbocycles. The molecule has 12 rings (SSSR count). The Morgan fingerprint density at radius 1 is 0.559 bits per heavy atom. The first-order chi connectivity index (χ1) is 33.1. The molecule has 4 fully saturated rings. The number of halogens is 4. The highest BCUT2D eigenvalue weighted by Gasteiger charge is 2.45. The number of rotatable bonds is 12. The lowest BCUT2D eigenvalue weighted by Gasteiger charge is -2.39. The highest BCUT2D eigenvalue weighted by atomic mass is 35.5. The fourth-order valence-electron chi connectivity index (χ4n) is 11.0. The van der Waals surface area contributed by atoms with Gasteiger partial charge in [-0.2, -0.15) is 20.2 Å². The van der Waals surface area contributed by atoms with Gasteiger partial charge in [-0.15, -0.1) is 20.4 Å². The predicted molar refractivity (Wildman–Crippen MR) is 248 cm³/mol. The normalized spacial score (nSPS) is 25.3.